The van der Waals surface area contributed by atoms with Gasteiger partial charge in [-0.3, -0.25) is 0 Å². The van der Waals surface area contributed by atoms with Crippen molar-refractivity contribution in [2.45, 2.75) is 12.5 Å². The summed E-state index contributed by atoms with van der Waals surface area (Å²) in [7, 11) is 0. The Balaban J connectivity index is 2.83. The summed E-state index contributed by atoms with van der Waals surface area (Å²) in [5.74, 6) is 0.134. The summed E-state index contributed by atoms with van der Waals surface area (Å²) in [6.07, 6.45) is -0.410. The van der Waals surface area contributed by atoms with Crippen LogP contribution < -0.4 is 5.32 Å². The van der Waals surface area contributed by atoms with E-state index in [1.807, 2.05) is 6.07 Å². The molecule has 3 nitrogen and oxygen atoms in total. The van der Waals surface area contributed by atoms with Gasteiger partial charge in [0.05, 0.1) is 40.2 Å². The number of benzene rings is 1. The van der Waals surface area contributed by atoms with Crippen LogP contribution in [0.2, 0.25) is 10.0 Å². The molecule has 1 aromatic rings. The van der Waals surface area contributed by atoms with E-state index in [-0.39, 0.29) is 18.8 Å². The molecule has 0 saturated heterocycles. The molecule has 0 spiro atoms. The molecule has 1 unspecified atom stereocenters. The van der Waals surface area contributed by atoms with Crippen molar-refractivity contribution in [3.8, 4) is 6.07 Å². The molecule has 6 heteroatoms. The number of nitrogens with one attached hydrogen (secondary N) is 1. The topological polar surface area (TPSA) is 56.0 Å². The molecular weight excluding hydrogens is 282 g/mol. The maximum atomic E-state index is 9.32. The second-order valence-electron chi connectivity index (χ2n) is 3.46. The zero-order chi connectivity index (χ0) is 12.8. The van der Waals surface area contributed by atoms with Crippen molar-refractivity contribution in [1.82, 2.24) is 0 Å². The largest absolute Gasteiger partial charge is 0.390 e. The molecule has 0 heterocycles. The number of hydrogen-bond acceptors (Lipinski definition) is 3. The van der Waals surface area contributed by atoms with Crippen LogP contribution in [0.4, 0.5) is 5.69 Å². The maximum Gasteiger partial charge on any atom is 0.0847 e. The smallest absolute Gasteiger partial charge is 0.0847 e. The lowest BCUT2D eigenvalue weighted by Crippen LogP contribution is -2.21. The number of aliphatic hydroxyl groups excluding tert-OH is 1. The minimum absolute atomic E-state index is 0.134. The highest BCUT2D eigenvalue weighted by atomic mass is 35.5. The van der Waals surface area contributed by atoms with Crippen molar-refractivity contribution in [2.75, 3.05) is 17.7 Å². The lowest BCUT2D eigenvalue weighted by atomic mass is 10.1. The van der Waals surface area contributed by atoms with Gasteiger partial charge in [-0.2, -0.15) is 5.26 Å². The number of nitriles is 1. The van der Waals surface area contributed by atoms with Crippen LogP contribution >= 0.6 is 34.8 Å². The van der Waals surface area contributed by atoms with E-state index in [9.17, 15) is 5.11 Å². The third-order valence-electron chi connectivity index (χ3n) is 2.08. The zero-order valence-corrected chi connectivity index (χ0v) is 11.1. The van der Waals surface area contributed by atoms with Crippen LogP contribution in [0, 0.1) is 11.3 Å². The quantitative estimate of drug-likeness (QED) is 0.820. The van der Waals surface area contributed by atoms with Crippen LogP contribution in [-0.2, 0) is 6.42 Å². The van der Waals surface area contributed by atoms with Gasteiger partial charge in [-0.1, -0.05) is 23.2 Å². The van der Waals surface area contributed by atoms with Crippen molar-refractivity contribution in [3.05, 3.63) is 27.7 Å². The van der Waals surface area contributed by atoms with Gasteiger partial charge in [0.25, 0.3) is 0 Å². The normalized spacial score (nSPS) is 11.9. The van der Waals surface area contributed by atoms with E-state index in [0.717, 1.165) is 5.56 Å². The fraction of sp³-hybridized carbons (Fsp3) is 0.364. The molecular formula is C11H11Cl3N2O. The molecule has 1 atom stereocenters. The molecule has 0 saturated carbocycles. The monoisotopic (exact) mass is 292 g/mol. The summed E-state index contributed by atoms with van der Waals surface area (Å²) < 4.78 is 0. The van der Waals surface area contributed by atoms with Crippen LogP contribution in [0.25, 0.3) is 0 Å². The highest BCUT2D eigenvalue weighted by molar-refractivity contribution is 6.39. The zero-order valence-electron chi connectivity index (χ0n) is 8.88. The third-order valence-corrected chi connectivity index (χ3v) is 3.03. The molecule has 0 aliphatic rings. The number of hydrogen-bond donors (Lipinski definition) is 2. The second-order valence-corrected chi connectivity index (χ2v) is 4.58. The maximum absolute atomic E-state index is 9.32. The minimum atomic E-state index is -0.664. The molecule has 1 rings (SSSR count). The highest BCUT2D eigenvalue weighted by Gasteiger charge is 2.10. The molecule has 0 amide bonds. The molecule has 0 aliphatic carbocycles. The van der Waals surface area contributed by atoms with Crippen LogP contribution in [-0.4, -0.2) is 23.6 Å². The molecule has 0 aliphatic heterocycles. The Morgan fingerprint density at radius 1 is 1.35 bits per heavy atom. The lowest BCUT2D eigenvalue weighted by molar-refractivity contribution is 0.211. The summed E-state index contributed by atoms with van der Waals surface area (Å²) >= 11 is 17.5. The predicted molar refractivity (Wildman–Crippen MR) is 71.0 cm³/mol. The summed E-state index contributed by atoms with van der Waals surface area (Å²) in [6, 6.07) is 5.37. The molecule has 0 bridgehead atoms. The first-order chi connectivity index (χ1) is 8.08. The van der Waals surface area contributed by atoms with Gasteiger partial charge in [-0.25, -0.2) is 0 Å². The standard InChI is InChI=1S/C11H11Cl3N2O/c12-5-8(17)6-16-11-9(13)3-7(1-2-15)4-10(11)14/h3-4,8,16-17H,1,5-6H2. The number of halogens is 3. The van der Waals surface area contributed by atoms with E-state index >= 15 is 0 Å². The number of anilines is 1. The van der Waals surface area contributed by atoms with Crippen LogP contribution in [0.1, 0.15) is 5.56 Å². The number of nitrogens with zero attached hydrogens (tertiary/aromatic N) is 1. The van der Waals surface area contributed by atoms with E-state index in [1.165, 1.54) is 0 Å². The highest BCUT2D eigenvalue weighted by Crippen LogP contribution is 2.31. The van der Waals surface area contributed by atoms with Gasteiger partial charge in [0.2, 0.25) is 0 Å². The Morgan fingerprint density at radius 2 is 1.94 bits per heavy atom. The predicted octanol–water partition coefficient (Wildman–Crippen LogP) is 3.07. The van der Waals surface area contributed by atoms with Crippen LogP contribution in [0.5, 0.6) is 0 Å². The van der Waals surface area contributed by atoms with E-state index in [1.54, 1.807) is 12.1 Å². The Labute approximate surface area is 115 Å². The first kappa shape index (κ1) is 14.4. The van der Waals surface area contributed by atoms with Gasteiger partial charge in [0, 0.05) is 6.54 Å². The van der Waals surface area contributed by atoms with Gasteiger partial charge in [0.15, 0.2) is 0 Å². The third kappa shape index (κ3) is 4.25. The van der Waals surface area contributed by atoms with Gasteiger partial charge in [0.1, 0.15) is 0 Å². The molecule has 0 radical (unpaired) electrons. The molecule has 92 valence electrons. The van der Waals surface area contributed by atoms with Gasteiger partial charge >= 0.3 is 0 Å². The van der Waals surface area contributed by atoms with Gasteiger partial charge < -0.3 is 10.4 Å². The van der Waals surface area contributed by atoms with Crippen molar-refractivity contribution in [2.24, 2.45) is 0 Å². The lowest BCUT2D eigenvalue weighted by Gasteiger charge is -2.13. The van der Waals surface area contributed by atoms with Gasteiger partial charge in [-0.05, 0) is 17.7 Å². The summed E-state index contributed by atoms with van der Waals surface area (Å²) in [6.45, 7) is 0.264. The Morgan fingerprint density at radius 3 is 2.41 bits per heavy atom. The van der Waals surface area contributed by atoms with E-state index in [0.29, 0.717) is 15.7 Å². The van der Waals surface area contributed by atoms with Crippen molar-refractivity contribution >= 4 is 40.5 Å². The SMILES string of the molecule is N#CCc1cc(Cl)c(NCC(O)CCl)c(Cl)c1. The Hall–Kier alpha value is -0.660. The fourth-order valence-corrected chi connectivity index (χ4v) is 2.04. The molecule has 2 N–H and O–H groups in total. The molecule has 0 aromatic heterocycles. The Bertz CT molecular complexity index is 408. The van der Waals surface area contributed by atoms with Gasteiger partial charge in [-0.15, -0.1) is 11.6 Å². The number of alkyl halides is 1. The molecule has 1 aromatic carbocycles. The molecule has 17 heavy (non-hydrogen) atoms. The van der Waals surface area contributed by atoms with Crippen LogP contribution in [0.15, 0.2) is 12.1 Å². The fourth-order valence-electron chi connectivity index (χ4n) is 1.26. The number of rotatable bonds is 5. The average molecular weight is 294 g/mol. The van der Waals surface area contributed by atoms with E-state index in [4.69, 9.17) is 40.1 Å². The van der Waals surface area contributed by atoms with E-state index < -0.39 is 6.10 Å². The van der Waals surface area contributed by atoms with Crippen molar-refractivity contribution < 1.29 is 5.11 Å². The summed E-state index contributed by atoms with van der Waals surface area (Å²) in [5, 5.41) is 21.7. The average Bonchev–Trinajstić information content (AvgIpc) is 2.28. The number of aliphatic hydroxyl groups is 1. The first-order valence-corrected chi connectivity index (χ1v) is 6.20. The molecule has 0 fully saturated rings. The first-order valence-electron chi connectivity index (χ1n) is 4.91. The summed E-state index contributed by atoms with van der Waals surface area (Å²) in [4.78, 5) is 0. The minimum Gasteiger partial charge on any atom is -0.390 e. The van der Waals surface area contributed by atoms with E-state index in [2.05, 4.69) is 5.32 Å². The van der Waals surface area contributed by atoms with Crippen molar-refractivity contribution in [3.63, 3.8) is 0 Å². The second kappa shape index (κ2) is 6.93. The summed E-state index contributed by atoms with van der Waals surface area (Å²) in [5.41, 5.74) is 1.30. The van der Waals surface area contributed by atoms with Crippen molar-refractivity contribution in [1.29, 1.82) is 5.26 Å². The van der Waals surface area contributed by atoms with Crippen LogP contribution in [0.3, 0.4) is 0 Å². The Kier molecular flexibility index (Phi) is 5.87.